The van der Waals surface area contributed by atoms with Gasteiger partial charge < -0.3 is 10.4 Å². The molecular formula is C9H11ClN2O5S2. The molecule has 1 aromatic rings. The van der Waals surface area contributed by atoms with Crippen molar-refractivity contribution >= 4 is 44.8 Å². The van der Waals surface area contributed by atoms with Crippen molar-refractivity contribution in [3.05, 3.63) is 16.5 Å². The molecule has 7 nitrogen and oxygen atoms in total. The number of hydrogen-bond acceptors (Lipinski definition) is 5. The number of halogens is 1. The van der Waals surface area contributed by atoms with Crippen molar-refractivity contribution in [1.29, 1.82) is 0 Å². The van der Waals surface area contributed by atoms with Crippen LogP contribution in [0.2, 0.25) is 4.34 Å². The van der Waals surface area contributed by atoms with Crippen molar-refractivity contribution in [2.45, 2.75) is 17.2 Å². The Morgan fingerprint density at radius 2 is 2.11 bits per heavy atom. The number of hydrogen-bond donors (Lipinski definition) is 3. The molecule has 0 bridgehead atoms. The van der Waals surface area contributed by atoms with E-state index < -0.39 is 34.5 Å². The third kappa shape index (κ3) is 4.78. The van der Waals surface area contributed by atoms with Crippen LogP contribution in [0.25, 0.3) is 0 Å². The van der Waals surface area contributed by atoms with Gasteiger partial charge in [0.05, 0.1) is 10.9 Å². The number of carbonyl (C=O) groups excluding carboxylic acids is 1. The maximum absolute atomic E-state index is 11.7. The van der Waals surface area contributed by atoms with Crippen LogP contribution >= 0.6 is 22.9 Å². The molecule has 1 aromatic heterocycles. The molecule has 0 saturated carbocycles. The van der Waals surface area contributed by atoms with Gasteiger partial charge >= 0.3 is 5.97 Å². The summed E-state index contributed by atoms with van der Waals surface area (Å²) in [7, 11) is -3.81. The largest absolute Gasteiger partial charge is 0.480 e. The molecule has 0 saturated heterocycles. The van der Waals surface area contributed by atoms with Crippen LogP contribution in [0, 0.1) is 0 Å². The summed E-state index contributed by atoms with van der Waals surface area (Å²) in [5, 5.41) is 10.7. The summed E-state index contributed by atoms with van der Waals surface area (Å²) in [6.07, 6.45) is 0. The summed E-state index contributed by atoms with van der Waals surface area (Å²) >= 11 is 6.47. The van der Waals surface area contributed by atoms with Crippen molar-refractivity contribution in [3.8, 4) is 0 Å². The monoisotopic (exact) mass is 326 g/mol. The van der Waals surface area contributed by atoms with E-state index in [0.717, 1.165) is 11.3 Å². The number of carboxylic acids is 1. The maximum Gasteiger partial charge on any atom is 0.325 e. The normalized spacial score (nSPS) is 12.9. The van der Waals surface area contributed by atoms with Crippen molar-refractivity contribution in [1.82, 2.24) is 10.0 Å². The predicted molar refractivity (Wildman–Crippen MR) is 69.8 cm³/mol. The van der Waals surface area contributed by atoms with E-state index in [-0.39, 0.29) is 4.21 Å². The second-order valence-electron chi connectivity index (χ2n) is 3.51. The molecule has 19 heavy (non-hydrogen) atoms. The van der Waals surface area contributed by atoms with Gasteiger partial charge in [0.2, 0.25) is 5.91 Å². The highest BCUT2D eigenvalue weighted by Gasteiger charge is 2.19. The lowest BCUT2D eigenvalue weighted by Gasteiger charge is -2.09. The summed E-state index contributed by atoms with van der Waals surface area (Å²) in [5.41, 5.74) is 0. The first-order chi connectivity index (χ1) is 8.72. The molecule has 0 aliphatic heterocycles. The molecule has 0 aliphatic carbocycles. The van der Waals surface area contributed by atoms with Gasteiger partial charge in [0.15, 0.2) is 0 Å². The van der Waals surface area contributed by atoms with E-state index in [2.05, 4.69) is 10.0 Å². The Morgan fingerprint density at radius 3 is 2.58 bits per heavy atom. The maximum atomic E-state index is 11.7. The average molecular weight is 327 g/mol. The van der Waals surface area contributed by atoms with Gasteiger partial charge in [-0.15, -0.1) is 11.3 Å². The van der Waals surface area contributed by atoms with Crippen LogP contribution in [0.5, 0.6) is 0 Å². The number of thiophene rings is 1. The number of sulfonamides is 1. The van der Waals surface area contributed by atoms with Crippen molar-refractivity contribution in [2.24, 2.45) is 0 Å². The van der Waals surface area contributed by atoms with Crippen LogP contribution < -0.4 is 10.0 Å². The number of carboxylic acid groups (broad SMARTS) is 1. The Balaban J connectivity index is 2.57. The zero-order valence-electron chi connectivity index (χ0n) is 9.71. The van der Waals surface area contributed by atoms with Gasteiger partial charge in [0.25, 0.3) is 10.0 Å². The van der Waals surface area contributed by atoms with Crippen LogP contribution in [-0.4, -0.2) is 38.0 Å². The second kappa shape index (κ2) is 6.33. The Morgan fingerprint density at radius 1 is 1.47 bits per heavy atom. The van der Waals surface area contributed by atoms with Gasteiger partial charge in [0, 0.05) is 0 Å². The van der Waals surface area contributed by atoms with Crippen LogP contribution in [-0.2, 0) is 19.6 Å². The minimum Gasteiger partial charge on any atom is -0.480 e. The van der Waals surface area contributed by atoms with Crippen LogP contribution in [0.15, 0.2) is 16.3 Å². The zero-order valence-corrected chi connectivity index (χ0v) is 12.1. The molecule has 0 fully saturated rings. The molecule has 1 atom stereocenters. The third-order valence-electron chi connectivity index (χ3n) is 1.98. The molecule has 106 valence electrons. The van der Waals surface area contributed by atoms with E-state index in [9.17, 15) is 18.0 Å². The highest BCUT2D eigenvalue weighted by Crippen LogP contribution is 2.25. The van der Waals surface area contributed by atoms with Gasteiger partial charge in [-0.2, -0.15) is 0 Å². The molecule has 1 amide bonds. The quantitative estimate of drug-likeness (QED) is 0.694. The van der Waals surface area contributed by atoms with Crippen molar-refractivity contribution in [2.75, 3.05) is 6.54 Å². The average Bonchev–Trinajstić information content (AvgIpc) is 2.74. The first-order valence-corrected chi connectivity index (χ1v) is 7.67. The van der Waals surface area contributed by atoms with E-state index in [1.807, 2.05) is 0 Å². The fourth-order valence-electron chi connectivity index (χ4n) is 1.03. The highest BCUT2D eigenvalue weighted by atomic mass is 35.5. The number of nitrogens with one attached hydrogen (secondary N) is 2. The predicted octanol–water partition coefficient (Wildman–Crippen LogP) is 0.269. The first-order valence-electron chi connectivity index (χ1n) is 4.99. The van der Waals surface area contributed by atoms with E-state index in [1.54, 1.807) is 0 Å². The second-order valence-corrected chi connectivity index (χ2v) is 7.22. The molecule has 10 heteroatoms. The number of carbonyl (C=O) groups is 2. The van der Waals surface area contributed by atoms with Crippen molar-refractivity contribution < 1.29 is 23.1 Å². The SMILES string of the molecule is C[C@H](NC(=O)CNS(=O)(=O)c1ccc(Cl)s1)C(=O)O. The summed E-state index contributed by atoms with van der Waals surface area (Å²) in [4.78, 5) is 21.8. The smallest absolute Gasteiger partial charge is 0.325 e. The summed E-state index contributed by atoms with van der Waals surface area (Å²) in [5.74, 6) is -1.94. The Labute approximate surface area is 118 Å². The highest BCUT2D eigenvalue weighted by molar-refractivity contribution is 7.91. The number of rotatable bonds is 6. The minimum atomic E-state index is -3.81. The minimum absolute atomic E-state index is 0.0171. The molecule has 0 radical (unpaired) electrons. The van der Waals surface area contributed by atoms with Gasteiger partial charge in [-0.1, -0.05) is 11.6 Å². The molecule has 0 unspecified atom stereocenters. The van der Waals surface area contributed by atoms with Crippen LogP contribution in [0.4, 0.5) is 0 Å². The van der Waals surface area contributed by atoms with E-state index in [4.69, 9.17) is 16.7 Å². The lowest BCUT2D eigenvalue weighted by Crippen LogP contribution is -2.43. The van der Waals surface area contributed by atoms with Crippen molar-refractivity contribution in [3.63, 3.8) is 0 Å². The topological polar surface area (TPSA) is 113 Å². The standard InChI is InChI=1S/C9H11ClN2O5S2/c1-5(9(14)15)12-7(13)4-11-19(16,17)8-3-2-6(10)18-8/h2-3,5,11H,4H2,1H3,(H,12,13)(H,14,15)/t5-/m0/s1. The fourth-order valence-corrected chi connectivity index (χ4v) is 3.54. The molecular weight excluding hydrogens is 316 g/mol. The van der Waals surface area contributed by atoms with Crippen LogP contribution in [0.3, 0.4) is 0 Å². The molecule has 1 rings (SSSR count). The van der Waals surface area contributed by atoms with Gasteiger partial charge in [0.1, 0.15) is 10.3 Å². The molecule has 3 N–H and O–H groups in total. The first kappa shape index (κ1) is 15.9. The molecule has 0 spiro atoms. The number of aliphatic carboxylic acids is 1. The van der Waals surface area contributed by atoms with E-state index in [1.165, 1.54) is 19.1 Å². The lowest BCUT2D eigenvalue weighted by molar-refractivity contribution is -0.141. The molecule has 1 heterocycles. The summed E-state index contributed by atoms with van der Waals surface area (Å²) in [6, 6.07) is 1.65. The summed E-state index contributed by atoms with van der Waals surface area (Å²) in [6.45, 7) is 0.725. The summed E-state index contributed by atoms with van der Waals surface area (Å²) < 4.78 is 25.8. The Hall–Kier alpha value is -1.16. The van der Waals surface area contributed by atoms with Gasteiger partial charge in [-0.25, -0.2) is 13.1 Å². The Bertz CT molecular complexity index is 583. The van der Waals surface area contributed by atoms with E-state index >= 15 is 0 Å². The zero-order chi connectivity index (χ0) is 14.6. The Kier molecular flexibility index (Phi) is 5.29. The van der Waals surface area contributed by atoms with E-state index in [0.29, 0.717) is 4.34 Å². The lowest BCUT2D eigenvalue weighted by atomic mass is 10.3. The number of amides is 1. The van der Waals surface area contributed by atoms with Gasteiger partial charge in [-0.05, 0) is 19.1 Å². The van der Waals surface area contributed by atoms with Gasteiger partial charge in [-0.3, -0.25) is 9.59 Å². The third-order valence-corrected chi connectivity index (χ3v) is 5.11. The fraction of sp³-hybridized carbons (Fsp3) is 0.333. The molecule has 0 aliphatic rings. The van der Waals surface area contributed by atoms with Crippen LogP contribution in [0.1, 0.15) is 6.92 Å². The molecule has 0 aromatic carbocycles.